The Hall–Kier alpha value is -2.55. The zero-order valence-corrected chi connectivity index (χ0v) is 12.4. The van der Waals surface area contributed by atoms with Crippen molar-refractivity contribution in [3.8, 4) is 11.5 Å². The van der Waals surface area contributed by atoms with Gasteiger partial charge in [0.2, 0.25) is 0 Å². The molecule has 0 aliphatic rings. The van der Waals surface area contributed by atoms with Gasteiger partial charge in [0.05, 0.1) is 14.2 Å². The van der Waals surface area contributed by atoms with E-state index in [1.54, 1.807) is 26.4 Å². The van der Waals surface area contributed by atoms with Gasteiger partial charge in [0.1, 0.15) is 11.5 Å². The molecule has 3 nitrogen and oxygen atoms in total. The summed E-state index contributed by atoms with van der Waals surface area (Å²) in [6.45, 7) is 1.96. The van der Waals surface area contributed by atoms with Crippen molar-refractivity contribution in [2.75, 3.05) is 14.2 Å². The Bertz CT molecular complexity index is 672. The molecule has 2 aromatic rings. The molecule has 3 heteroatoms. The molecule has 0 unspecified atom stereocenters. The lowest BCUT2D eigenvalue weighted by Gasteiger charge is -2.07. The maximum Gasteiger partial charge on any atom is 0.185 e. The molecule has 21 heavy (non-hydrogen) atoms. The average molecular weight is 282 g/mol. The molecular formula is C18H18O3. The number of aryl methyl sites for hydroxylation is 1. The van der Waals surface area contributed by atoms with Gasteiger partial charge in [0, 0.05) is 11.1 Å². The smallest absolute Gasteiger partial charge is 0.185 e. The minimum atomic E-state index is -0.0384. The van der Waals surface area contributed by atoms with Gasteiger partial charge in [-0.2, -0.15) is 0 Å². The van der Waals surface area contributed by atoms with Gasteiger partial charge in [0.25, 0.3) is 0 Å². The standard InChI is InChI=1S/C18H18O3/c1-13-5-4-6-14(11-13)17(19)9-7-15-12-16(20-2)8-10-18(15)21-3/h4-12H,1-3H3. The Morgan fingerprint density at radius 3 is 2.52 bits per heavy atom. The van der Waals surface area contributed by atoms with Crippen LogP contribution in [0.3, 0.4) is 0 Å². The lowest BCUT2D eigenvalue weighted by atomic mass is 10.1. The highest BCUT2D eigenvalue weighted by molar-refractivity contribution is 6.07. The molecule has 0 N–H and O–H groups in total. The van der Waals surface area contributed by atoms with E-state index in [9.17, 15) is 4.79 Å². The third kappa shape index (κ3) is 3.72. The highest BCUT2D eigenvalue weighted by Gasteiger charge is 2.05. The molecule has 108 valence electrons. The van der Waals surface area contributed by atoms with Crippen LogP contribution < -0.4 is 9.47 Å². The van der Waals surface area contributed by atoms with Gasteiger partial charge in [-0.25, -0.2) is 0 Å². The molecule has 2 rings (SSSR count). The fraction of sp³-hybridized carbons (Fsp3) is 0.167. The van der Waals surface area contributed by atoms with Crippen molar-refractivity contribution in [1.82, 2.24) is 0 Å². The highest BCUT2D eigenvalue weighted by Crippen LogP contribution is 2.25. The summed E-state index contributed by atoms with van der Waals surface area (Å²) >= 11 is 0. The van der Waals surface area contributed by atoms with Gasteiger partial charge in [-0.05, 0) is 43.3 Å². The quantitative estimate of drug-likeness (QED) is 0.616. The van der Waals surface area contributed by atoms with E-state index >= 15 is 0 Å². The van der Waals surface area contributed by atoms with Crippen molar-refractivity contribution >= 4 is 11.9 Å². The van der Waals surface area contributed by atoms with Gasteiger partial charge in [0.15, 0.2) is 5.78 Å². The monoisotopic (exact) mass is 282 g/mol. The molecule has 0 fully saturated rings. The number of carbonyl (C=O) groups is 1. The van der Waals surface area contributed by atoms with Crippen LogP contribution in [0.4, 0.5) is 0 Å². The van der Waals surface area contributed by atoms with Gasteiger partial charge < -0.3 is 9.47 Å². The van der Waals surface area contributed by atoms with Crippen molar-refractivity contribution in [1.29, 1.82) is 0 Å². The second-order valence-corrected chi connectivity index (χ2v) is 4.67. The van der Waals surface area contributed by atoms with Gasteiger partial charge >= 0.3 is 0 Å². The first-order chi connectivity index (χ1) is 10.1. The van der Waals surface area contributed by atoms with E-state index in [0.29, 0.717) is 11.3 Å². The topological polar surface area (TPSA) is 35.5 Å². The maximum atomic E-state index is 12.2. The number of hydrogen-bond acceptors (Lipinski definition) is 3. The molecule has 0 radical (unpaired) electrons. The zero-order chi connectivity index (χ0) is 15.2. The second kappa shape index (κ2) is 6.75. The summed E-state index contributed by atoms with van der Waals surface area (Å²) in [4.78, 5) is 12.2. The van der Waals surface area contributed by atoms with E-state index in [-0.39, 0.29) is 5.78 Å². The van der Waals surface area contributed by atoms with E-state index in [0.717, 1.165) is 16.9 Å². The minimum Gasteiger partial charge on any atom is -0.497 e. The maximum absolute atomic E-state index is 12.2. The van der Waals surface area contributed by atoms with Crippen LogP contribution in [-0.2, 0) is 0 Å². The first-order valence-corrected chi connectivity index (χ1v) is 6.65. The van der Waals surface area contributed by atoms with E-state index < -0.39 is 0 Å². The Kier molecular flexibility index (Phi) is 4.77. The molecule has 0 aliphatic heterocycles. The van der Waals surface area contributed by atoms with Crippen LogP contribution >= 0.6 is 0 Å². The second-order valence-electron chi connectivity index (χ2n) is 4.67. The van der Waals surface area contributed by atoms with Crippen LogP contribution in [0, 0.1) is 6.92 Å². The van der Waals surface area contributed by atoms with E-state index in [2.05, 4.69) is 0 Å². The lowest BCUT2D eigenvalue weighted by molar-refractivity contribution is 0.104. The Balaban J connectivity index is 2.26. The molecule has 0 saturated heterocycles. The number of ketones is 1. The van der Waals surface area contributed by atoms with Crippen LogP contribution in [-0.4, -0.2) is 20.0 Å². The van der Waals surface area contributed by atoms with Gasteiger partial charge in [-0.15, -0.1) is 0 Å². The van der Waals surface area contributed by atoms with Crippen LogP contribution in [0.25, 0.3) is 6.08 Å². The van der Waals surface area contributed by atoms with Crippen LogP contribution in [0.1, 0.15) is 21.5 Å². The lowest BCUT2D eigenvalue weighted by Crippen LogP contribution is -1.95. The molecule has 0 aromatic heterocycles. The van der Waals surface area contributed by atoms with Crippen LogP contribution in [0.15, 0.2) is 48.5 Å². The summed E-state index contributed by atoms with van der Waals surface area (Å²) in [6.07, 6.45) is 3.29. The van der Waals surface area contributed by atoms with Crippen molar-refractivity contribution in [2.24, 2.45) is 0 Å². The average Bonchev–Trinajstić information content (AvgIpc) is 2.52. The number of methoxy groups -OCH3 is 2. The summed E-state index contributed by atoms with van der Waals surface area (Å²) in [5.74, 6) is 1.38. The number of hydrogen-bond donors (Lipinski definition) is 0. The molecule has 0 spiro atoms. The van der Waals surface area contributed by atoms with E-state index in [1.165, 1.54) is 0 Å². The molecule has 0 amide bonds. The predicted octanol–water partition coefficient (Wildman–Crippen LogP) is 3.91. The Morgan fingerprint density at radius 1 is 1.05 bits per heavy atom. The molecule has 0 saturated carbocycles. The third-order valence-corrected chi connectivity index (χ3v) is 3.15. The molecule has 0 bridgehead atoms. The Labute approximate surface area is 124 Å². The van der Waals surface area contributed by atoms with Gasteiger partial charge in [-0.1, -0.05) is 23.8 Å². The number of ether oxygens (including phenoxy) is 2. The van der Waals surface area contributed by atoms with Crippen molar-refractivity contribution in [3.63, 3.8) is 0 Å². The number of allylic oxidation sites excluding steroid dienone is 1. The molecule has 2 aromatic carbocycles. The normalized spacial score (nSPS) is 10.6. The molecule has 0 aliphatic carbocycles. The molecule has 0 heterocycles. The summed E-state index contributed by atoms with van der Waals surface area (Å²) in [5, 5.41) is 0. The van der Waals surface area contributed by atoms with Gasteiger partial charge in [-0.3, -0.25) is 4.79 Å². The largest absolute Gasteiger partial charge is 0.497 e. The SMILES string of the molecule is COc1ccc(OC)c(C=CC(=O)c2cccc(C)c2)c1. The summed E-state index contributed by atoms with van der Waals surface area (Å²) in [5.41, 5.74) is 2.54. The minimum absolute atomic E-state index is 0.0384. The zero-order valence-electron chi connectivity index (χ0n) is 12.4. The number of carbonyl (C=O) groups excluding carboxylic acids is 1. The summed E-state index contributed by atoms with van der Waals surface area (Å²) in [6, 6.07) is 13.0. The van der Waals surface area contributed by atoms with Crippen molar-refractivity contribution in [2.45, 2.75) is 6.92 Å². The fourth-order valence-electron chi connectivity index (χ4n) is 2.03. The van der Waals surface area contributed by atoms with Crippen molar-refractivity contribution < 1.29 is 14.3 Å². The van der Waals surface area contributed by atoms with E-state index in [4.69, 9.17) is 9.47 Å². The molecular weight excluding hydrogens is 264 g/mol. The van der Waals surface area contributed by atoms with Crippen LogP contribution in [0.2, 0.25) is 0 Å². The molecule has 0 atom stereocenters. The van der Waals surface area contributed by atoms with E-state index in [1.807, 2.05) is 49.4 Å². The number of rotatable bonds is 5. The summed E-state index contributed by atoms with van der Waals surface area (Å²) in [7, 11) is 3.20. The van der Waals surface area contributed by atoms with Crippen molar-refractivity contribution in [3.05, 3.63) is 65.2 Å². The highest BCUT2D eigenvalue weighted by atomic mass is 16.5. The fourth-order valence-corrected chi connectivity index (χ4v) is 2.03. The Morgan fingerprint density at radius 2 is 1.86 bits per heavy atom. The van der Waals surface area contributed by atoms with Crippen LogP contribution in [0.5, 0.6) is 11.5 Å². The summed E-state index contributed by atoms with van der Waals surface area (Å²) < 4.78 is 10.5. The first kappa shape index (κ1) is 14.9. The number of benzene rings is 2. The third-order valence-electron chi connectivity index (χ3n) is 3.15. The first-order valence-electron chi connectivity index (χ1n) is 6.65. The predicted molar refractivity (Wildman–Crippen MR) is 84.1 cm³/mol.